The first-order valence-corrected chi connectivity index (χ1v) is 14.7. The second-order valence-electron chi connectivity index (χ2n) is 8.76. The molecule has 1 atom stereocenters. The van der Waals surface area contributed by atoms with Gasteiger partial charge in [-0.15, -0.1) is 0 Å². The van der Waals surface area contributed by atoms with Crippen molar-refractivity contribution in [1.29, 1.82) is 0 Å². The number of benzene rings is 2. The zero-order valence-electron chi connectivity index (χ0n) is 20.4. The molecule has 1 unspecified atom stereocenters. The van der Waals surface area contributed by atoms with E-state index in [0.717, 1.165) is 0 Å². The number of carbonyl (C=O) groups is 1. The van der Waals surface area contributed by atoms with Crippen LogP contribution >= 0.6 is 23.4 Å². The molecule has 5 aromatic rings. The van der Waals surface area contributed by atoms with E-state index in [0.29, 0.717) is 38.3 Å². The van der Waals surface area contributed by atoms with Gasteiger partial charge < -0.3 is 5.32 Å². The highest BCUT2D eigenvalue weighted by Gasteiger charge is 2.29. The van der Waals surface area contributed by atoms with E-state index < -0.39 is 16.1 Å². The summed E-state index contributed by atoms with van der Waals surface area (Å²) in [6.07, 6.45) is 4.34. The van der Waals surface area contributed by atoms with Gasteiger partial charge in [0.05, 0.1) is 22.8 Å². The second kappa shape index (κ2) is 10.4. The molecule has 0 saturated carbocycles. The summed E-state index contributed by atoms with van der Waals surface area (Å²) in [5, 5.41) is 8.48. The fraction of sp³-hybridized carbons (Fsp3) is 0.120. The van der Waals surface area contributed by atoms with Gasteiger partial charge in [-0.05, 0) is 48.5 Å². The molecule has 0 bridgehead atoms. The van der Waals surface area contributed by atoms with Crippen LogP contribution in [0.5, 0.6) is 0 Å². The molecule has 40 heavy (non-hydrogen) atoms. The Bertz CT molecular complexity index is 1910. The minimum Gasteiger partial charge on any atom is -0.326 e. The van der Waals surface area contributed by atoms with E-state index in [1.54, 1.807) is 28.9 Å². The molecule has 0 fully saturated rings. The summed E-state index contributed by atoms with van der Waals surface area (Å²) in [6.45, 7) is 0. The summed E-state index contributed by atoms with van der Waals surface area (Å²) in [7, 11) is -3.90. The molecule has 0 aliphatic carbocycles. The number of nitrogens with zero attached hydrogens (tertiary/aromatic N) is 6. The van der Waals surface area contributed by atoms with Gasteiger partial charge in [0.2, 0.25) is 11.9 Å². The lowest BCUT2D eigenvalue weighted by Gasteiger charge is -2.14. The third kappa shape index (κ3) is 5.03. The Kier molecular flexibility index (Phi) is 6.73. The number of carbonyl (C=O) groups excluding carboxylic acids is 1. The average molecular weight is 595 g/mol. The van der Waals surface area contributed by atoms with Crippen LogP contribution < -0.4 is 15.6 Å². The van der Waals surface area contributed by atoms with Crippen LogP contribution in [0.2, 0.25) is 5.02 Å². The maximum absolute atomic E-state index is 13.4. The Morgan fingerprint density at radius 1 is 1.10 bits per heavy atom. The Balaban J connectivity index is 1.17. The van der Waals surface area contributed by atoms with Crippen LogP contribution in [0.25, 0.3) is 16.7 Å². The number of anilines is 2. The van der Waals surface area contributed by atoms with Gasteiger partial charge in [0.15, 0.2) is 10.8 Å². The normalized spacial score (nSPS) is 14.7. The summed E-state index contributed by atoms with van der Waals surface area (Å²) >= 11 is 7.51. The molecule has 6 rings (SSSR count). The predicted molar refractivity (Wildman–Crippen MR) is 150 cm³/mol. The maximum Gasteiger partial charge on any atom is 0.265 e. The van der Waals surface area contributed by atoms with Gasteiger partial charge in [0, 0.05) is 35.3 Å². The number of fused-ring (bicyclic) bond motifs is 2. The lowest BCUT2D eigenvalue weighted by molar-refractivity contribution is -0.116. The van der Waals surface area contributed by atoms with E-state index in [9.17, 15) is 18.0 Å². The third-order valence-electron chi connectivity index (χ3n) is 6.08. The number of hydrogen-bond acceptors (Lipinski definition) is 9. The van der Waals surface area contributed by atoms with Gasteiger partial charge >= 0.3 is 0 Å². The van der Waals surface area contributed by atoms with E-state index in [1.165, 1.54) is 59.2 Å². The van der Waals surface area contributed by atoms with Crippen molar-refractivity contribution in [2.75, 3.05) is 15.8 Å². The van der Waals surface area contributed by atoms with Crippen molar-refractivity contribution >= 4 is 62.0 Å². The topological polar surface area (TPSA) is 154 Å². The predicted octanol–water partition coefficient (Wildman–Crippen LogP) is 3.50. The monoisotopic (exact) mass is 594 g/mol. The molecule has 4 heterocycles. The van der Waals surface area contributed by atoms with Crippen molar-refractivity contribution in [1.82, 2.24) is 29.3 Å². The minimum atomic E-state index is -3.90. The van der Waals surface area contributed by atoms with E-state index in [4.69, 9.17) is 11.6 Å². The van der Waals surface area contributed by atoms with E-state index in [1.807, 2.05) is 6.07 Å². The first-order chi connectivity index (χ1) is 19.3. The molecule has 0 saturated heterocycles. The fourth-order valence-electron chi connectivity index (χ4n) is 4.25. The van der Waals surface area contributed by atoms with Crippen LogP contribution in [0.1, 0.15) is 12.5 Å². The summed E-state index contributed by atoms with van der Waals surface area (Å²) < 4.78 is 30.5. The van der Waals surface area contributed by atoms with Crippen LogP contribution in [0.3, 0.4) is 0 Å². The molecular weight excluding hydrogens is 576 g/mol. The highest BCUT2D eigenvalue weighted by Crippen LogP contribution is 2.33. The van der Waals surface area contributed by atoms with Crippen molar-refractivity contribution in [2.45, 2.75) is 22.5 Å². The SMILES string of the molecule is O=C(CC1CSc2nc3c(cnn3-c3cccc(Cl)c3)c(=O)n21)Nc1ccc(S(=O)(=O)Nc2ncccn2)cc1. The average Bonchev–Trinajstić information content (AvgIpc) is 3.54. The Morgan fingerprint density at radius 2 is 1.88 bits per heavy atom. The molecule has 0 radical (unpaired) electrons. The van der Waals surface area contributed by atoms with E-state index in [-0.39, 0.29) is 28.7 Å². The smallest absolute Gasteiger partial charge is 0.265 e. The number of halogens is 1. The second-order valence-corrected chi connectivity index (χ2v) is 11.9. The molecule has 1 aliphatic heterocycles. The number of hydrogen-bond donors (Lipinski definition) is 2. The molecule has 1 amide bonds. The molecule has 0 spiro atoms. The van der Waals surface area contributed by atoms with E-state index >= 15 is 0 Å². The highest BCUT2D eigenvalue weighted by atomic mass is 35.5. The number of thioether (sulfide) groups is 1. The van der Waals surface area contributed by atoms with Crippen molar-refractivity contribution in [3.63, 3.8) is 0 Å². The minimum absolute atomic E-state index is 0.0148. The fourth-order valence-corrected chi connectivity index (χ4v) is 6.53. The summed E-state index contributed by atoms with van der Waals surface area (Å²) in [5.41, 5.74) is 1.23. The van der Waals surface area contributed by atoms with Crippen LogP contribution in [-0.4, -0.2) is 49.4 Å². The number of sulfonamides is 1. The number of aromatic nitrogens is 6. The summed E-state index contributed by atoms with van der Waals surface area (Å²) in [6, 6.07) is 14.0. The quantitative estimate of drug-likeness (QED) is 0.269. The van der Waals surface area contributed by atoms with Gasteiger partial charge in [0.1, 0.15) is 5.39 Å². The van der Waals surface area contributed by atoms with Gasteiger partial charge in [-0.3, -0.25) is 14.2 Å². The Hall–Kier alpha value is -4.27. The van der Waals surface area contributed by atoms with Crippen molar-refractivity contribution in [3.8, 4) is 5.69 Å². The van der Waals surface area contributed by atoms with Crippen molar-refractivity contribution in [3.05, 3.63) is 88.6 Å². The highest BCUT2D eigenvalue weighted by molar-refractivity contribution is 7.99. The molecule has 3 aromatic heterocycles. The van der Waals surface area contributed by atoms with Gasteiger partial charge in [-0.2, -0.15) is 5.10 Å². The Labute approximate surface area is 236 Å². The van der Waals surface area contributed by atoms with Gasteiger partial charge in [-0.25, -0.2) is 32.8 Å². The van der Waals surface area contributed by atoms with Gasteiger partial charge in [0.25, 0.3) is 15.6 Å². The van der Waals surface area contributed by atoms with Crippen molar-refractivity contribution in [2.24, 2.45) is 0 Å². The molecule has 15 heteroatoms. The van der Waals surface area contributed by atoms with Crippen LogP contribution in [0.15, 0.2) is 88.0 Å². The van der Waals surface area contributed by atoms with Crippen molar-refractivity contribution < 1.29 is 13.2 Å². The number of nitrogens with one attached hydrogen (secondary N) is 2. The van der Waals surface area contributed by atoms with Gasteiger partial charge in [-0.1, -0.05) is 29.4 Å². The third-order valence-corrected chi connectivity index (χ3v) is 8.76. The first-order valence-electron chi connectivity index (χ1n) is 11.9. The lowest BCUT2D eigenvalue weighted by atomic mass is 10.2. The zero-order valence-corrected chi connectivity index (χ0v) is 22.8. The zero-order chi connectivity index (χ0) is 27.9. The molecule has 2 aromatic carbocycles. The standard InChI is InChI=1S/C25H19ClN8O4S2/c26-15-3-1-4-17(11-15)34-22-20(13-29-34)23(36)33-18(14-39-25(33)31-22)12-21(35)30-16-5-7-19(8-6-16)40(37,38)32-24-27-9-2-10-28-24/h1-11,13,18H,12,14H2,(H,30,35)(H,27,28,32). The first kappa shape index (κ1) is 26.0. The summed E-state index contributed by atoms with van der Waals surface area (Å²) in [4.78, 5) is 38.6. The lowest BCUT2D eigenvalue weighted by Crippen LogP contribution is -2.27. The largest absolute Gasteiger partial charge is 0.326 e. The van der Waals surface area contributed by atoms with E-state index in [2.05, 4.69) is 30.1 Å². The maximum atomic E-state index is 13.4. The number of amides is 1. The molecule has 2 N–H and O–H groups in total. The van der Waals surface area contributed by atoms with Crippen LogP contribution in [0, 0.1) is 0 Å². The van der Waals surface area contributed by atoms with Crippen LogP contribution in [-0.2, 0) is 14.8 Å². The Morgan fingerprint density at radius 3 is 2.62 bits per heavy atom. The summed E-state index contributed by atoms with van der Waals surface area (Å²) in [5.74, 6) is 0.122. The number of rotatable bonds is 7. The molecule has 202 valence electrons. The molecular formula is C25H19ClN8O4S2. The molecule has 12 nitrogen and oxygen atoms in total. The van der Waals surface area contributed by atoms with Crippen LogP contribution in [0.4, 0.5) is 11.6 Å². The molecule has 1 aliphatic rings.